The fourth-order valence-corrected chi connectivity index (χ4v) is 3.70. The van der Waals surface area contributed by atoms with E-state index in [2.05, 4.69) is 10.0 Å². The van der Waals surface area contributed by atoms with Crippen LogP contribution in [0.3, 0.4) is 0 Å². The molecule has 25 heavy (non-hydrogen) atoms. The van der Waals surface area contributed by atoms with Gasteiger partial charge in [0, 0.05) is 33.0 Å². The van der Waals surface area contributed by atoms with Crippen LogP contribution >= 0.6 is 0 Å². The molecule has 1 saturated heterocycles. The van der Waals surface area contributed by atoms with Gasteiger partial charge in [-0.3, -0.25) is 9.59 Å². The fraction of sp³-hybridized carbons (Fsp3) is 0.500. The van der Waals surface area contributed by atoms with E-state index in [0.717, 1.165) is 25.9 Å². The molecule has 9 heteroatoms. The van der Waals surface area contributed by atoms with E-state index in [9.17, 15) is 18.0 Å². The first-order valence-electron chi connectivity index (χ1n) is 8.06. The zero-order valence-corrected chi connectivity index (χ0v) is 15.2. The Bertz CT molecular complexity index is 742. The first kappa shape index (κ1) is 19.2. The van der Waals surface area contributed by atoms with Gasteiger partial charge in [-0.15, -0.1) is 0 Å². The van der Waals surface area contributed by atoms with Gasteiger partial charge in [0.1, 0.15) is 5.75 Å². The van der Waals surface area contributed by atoms with Gasteiger partial charge in [0.15, 0.2) is 0 Å². The van der Waals surface area contributed by atoms with Crippen molar-refractivity contribution in [3.63, 3.8) is 0 Å². The van der Waals surface area contributed by atoms with Gasteiger partial charge in [0.05, 0.1) is 17.7 Å². The molecule has 1 aliphatic heterocycles. The van der Waals surface area contributed by atoms with Crippen molar-refractivity contribution >= 4 is 27.5 Å². The molecule has 8 nitrogen and oxygen atoms in total. The molecule has 1 aromatic rings. The van der Waals surface area contributed by atoms with Gasteiger partial charge >= 0.3 is 0 Å². The van der Waals surface area contributed by atoms with Crippen LogP contribution < -0.4 is 14.8 Å². The fourth-order valence-electron chi connectivity index (χ4n) is 2.64. The van der Waals surface area contributed by atoms with Crippen LogP contribution in [0.4, 0.5) is 5.69 Å². The standard InChI is InChI=1S/C16H23N3O5S/c1-12(20)18-14-11-13(5-6-15(14)24-2)25(22,23)17-8-7-16(21)19-9-3-4-10-19/h5-6,11,17H,3-4,7-10H2,1-2H3,(H,18,20). The molecule has 2 N–H and O–H groups in total. The largest absolute Gasteiger partial charge is 0.495 e. The van der Waals surface area contributed by atoms with E-state index < -0.39 is 10.0 Å². The number of hydrogen-bond acceptors (Lipinski definition) is 5. The average molecular weight is 369 g/mol. The lowest BCUT2D eigenvalue weighted by Gasteiger charge is -2.15. The SMILES string of the molecule is COc1ccc(S(=O)(=O)NCCC(=O)N2CCCC2)cc1NC(C)=O. The van der Waals surface area contributed by atoms with Gasteiger partial charge in [-0.05, 0) is 31.0 Å². The Kier molecular flexibility index (Phi) is 6.38. The van der Waals surface area contributed by atoms with Crippen LogP contribution in [0.2, 0.25) is 0 Å². The third kappa shape index (κ3) is 5.17. The molecule has 0 bridgehead atoms. The topological polar surface area (TPSA) is 105 Å². The summed E-state index contributed by atoms with van der Waals surface area (Å²) < 4.78 is 32.3. The average Bonchev–Trinajstić information content (AvgIpc) is 3.08. The van der Waals surface area contributed by atoms with E-state index in [1.165, 1.54) is 32.2 Å². The van der Waals surface area contributed by atoms with Gasteiger partial charge in [-0.1, -0.05) is 0 Å². The summed E-state index contributed by atoms with van der Waals surface area (Å²) in [6, 6.07) is 4.18. The molecule has 0 aromatic heterocycles. The Morgan fingerprint density at radius 3 is 2.52 bits per heavy atom. The minimum Gasteiger partial charge on any atom is -0.495 e. The quantitative estimate of drug-likeness (QED) is 0.744. The second kappa shape index (κ2) is 8.30. The lowest BCUT2D eigenvalue weighted by atomic mass is 10.3. The molecule has 0 radical (unpaired) electrons. The van der Waals surface area contributed by atoms with Crippen molar-refractivity contribution < 1.29 is 22.7 Å². The van der Waals surface area contributed by atoms with Crippen molar-refractivity contribution in [3.05, 3.63) is 18.2 Å². The molecule has 2 rings (SSSR count). The molecule has 0 saturated carbocycles. The molecule has 1 aliphatic rings. The lowest BCUT2D eigenvalue weighted by Crippen LogP contribution is -2.32. The van der Waals surface area contributed by atoms with Gasteiger partial charge in [-0.2, -0.15) is 0 Å². The number of carbonyl (C=O) groups is 2. The molecule has 0 aliphatic carbocycles. The highest BCUT2D eigenvalue weighted by molar-refractivity contribution is 7.89. The number of hydrogen-bond donors (Lipinski definition) is 2. The number of carbonyl (C=O) groups excluding carboxylic acids is 2. The highest BCUT2D eigenvalue weighted by atomic mass is 32.2. The summed E-state index contributed by atoms with van der Waals surface area (Å²) in [5, 5.41) is 2.53. The normalized spacial score (nSPS) is 14.4. The van der Waals surface area contributed by atoms with Crippen LogP contribution in [0.15, 0.2) is 23.1 Å². The molecule has 1 fully saturated rings. The Morgan fingerprint density at radius 2 is 1.92 bits per heavy atom. The highest BCUT2D eigenvalue weighted by Crippen LogP contribution is 2.27. The Labute approximate surface area is 147 Å². The molecule has 1 heterocycles. The zero-order valence-electron chi connectivity index (χ0n) is 14.4. The maximum Gasteiger partial charge on any atom is 0.240 e. The maximum atomic E-state index is 12.4. The minimum atomic E-state index is -3.79. The zero-order chi connectivity index (χ0) is 18.4. The molecular weight excluding hydrogens is 346 g/mol. The highest BCUT2D eigenvalue weighted by Gasteiger charge is 2.20. The van der Waals surface area contributed by atoms with Crippen LogP contribution in [-0.4, -0.2) is 51.9 Å². The number of benzene rings is 1. The van der Waals surface area contributed by atoms with Crippen molar-refractivity contribution in [2.45, 2.75) is 31.1 Å². The molecule has 0 atom stereocenters. The summed E-state index contributed by atoms with van der Waals surface area (Å²) in [4.78, 5) is 24.9. The van der Waals surface area contributed by atoms with Crippen molar-refractivity contribution in [2.75, 3.05) is 32.1 Å². The monoisotopic (exact) mass is 369 g/mol. The third-order valence-corrected chi connectivity index (χ3v) is 5.34. The summed E-state index contributed by atoms with van der Waals surface area (Å²) in [5.41, 5.74) is 0.269. The van der Waals surface area contributed by atoms with E-state index in [-0.39, 0.29) is 35.4 Å². The number of methoxy groups -OCH3 is 1. The third-order valence-electron chi connectivity index (χ3n) is 3.88. The Hall–Kier alpha value is -2.13. The number of sulfonamides is 1. The Morgan fingerprint density at radius 1 is 1.24 bits per heavy atom. The van der Waals surface area contributed by atoms with E-state index in [1.807, 2.05) is 0 Å². The van der Waals surface area contributed by atoms with Gasteiger partial charge in [0.2, 0.25) is 21.8 Å². The second-order valence-electron chi connectivity index (χ2n) is 5.78. The van der Waals surface area contributed by atoms with Crippen LogP contribution in [0.1, 0.15) is 26.2 Å². The first-order valence-corrected chi connectivity index (χ1v) is 9.55. The van der Waals surface area contributed by atoms with E-state index in [1.54, 1.807) is 4.90 Å². The van der Waals surface area contributed by atoms with Crippen molar-refractivity contribution in [1.82, 2.24) is 9.62 Å². The summed E-state index contributed by atoms with van der Waals surface area (Å²) >= 11 is 0. The number of amides is 2. The smallest absolute Gasteiger partial charge is 0.240 e. The van der Waals surface area contributed by atoms with Gasteiger partial charge < -0.3 is 15.0 Å². The molecule has 1 aromatic carbocycles. The van der Waals surface area contributed by atoms with Crippen LogP contribution in [0.25, 0.3) is 0 Å². The lowest BCUT2D eigenvalue weighted by molar-refractivity contribution is -0.129. The van der Waals surface area contributed by atoms with E-state index in [4.69, 9.17) is 4.74 Å². The van der Waals surface area contributed by atoms with Gasteiger partial charge in [0.25, 0.3) is 0 Å². The first-order chi connectivity index (χ1) is 11.8. The van der Waals surface area contributed by atoms with Crippen LogP contribution in [0.5, 0.6) is 5.75 Å². The molecule has 0 unspecified atom stereocenters. The number of ether oxygens (including phenoxy) is 1. The number of anilines is 1. The van der Waals surface area contributed by atoms with Crippen LogP contribution in [0, 0.1) is 0 Å². The summed E-state index contributed by atoms with van der Waals surface area (Å²) in [6.07, 6.45) is 2.11. The predicted molar refractivity (Wildman–Crippen MR) is 92.9 cm³/mol. The van der Waals surface area contributed by atoms with Crippen LogP contribution in [-0.2, 0) is 19.6 Å². The van der Waals surface area contributed by atoms with Gasteiger partial charge in [-0.25, -0.2) is 13.1 Å². The minimum absolute atomic E-state index is 0.00864. The predicted octanol–water partition coefficient (Wildman–Crippen LogP) is 0.944. The number of rotatable bonds is 7. The van der Waals surface area contributed by atoms with Crippen molar-refractivity contribution in [2.24, 2.45) is 0 Å². The number of nitrogens with one attached hydrogen (secondary N) is 2. The summed E-state index contributed by atoms with van der Waals surface area (Å²) in [7, 11) is -2.36. The summed E-state index contributed by atoms with van der Waals surface area (Å²) in [5.74, 6) is -0.0238. The molecule has 0 spiro atoms. The number of likely N-dealkylation sites (tertiary alicyclic amines) is 1. The maximum absolute atomic E-state index is 12.4. The Balaban J connectivity index is 2.02. The molecule has 2 amide bonds. The summed E-state index contributed by atoms with van der Waals surface area (Å²) in [6.45, 7) is 2.83. The number of nitrogens with zero attached hydrogens (tertiary/aromatic N) is 1. The van der Waals surface area contributed by atoms with Crippen molar-refractivity contribution in [1.29, 1.82) is 0 Å². The molecular formula is C16H23N3O5S. The van der Waals surface area contributed by atoms with E-state index >= 15 is 0 Å². The van der Waals surface area contributed by atoms with Crippen molar-refractivity contribution in [3.8, 4) is 5.75 Å². The second-order valence-corrected chi connectivity index (χ2v) is 7.55. The van der Waals surface area contributed by atoms with E-state index in [0.29, 0.717) is 5.75 Å². The molecule has 138 valence electrons.